The van der Waals surface area contributed by atoms with Gasteiger partial charge in [-0.3, -0.25) is 4.98 Å². The van der Waals surface area contributed by atoms with Gasteiger partial charge in [-0.25, -0.2) is 9.37 Å². The van der Waals surface area contributed by atoms with Crippen LogP contribution in [0.3, 0.4) is 0 Å². The van der Waals surface area contributed by atoms with Crippen molar-refractivity contribution in [2.24, 2.45) is 0 Å². The normalized spacial score (nSPS) is 16.9. The monoisotopic (exact) mass is 354 g/mol. The molecule has 5 nitrogen and oxygen atoms in total. The van der Waals surface area contributed by atoms with Gasteiger partial charge in [0.05, 0.1) is 29.2 Å². The maximum atomic E-state index is 14.1. The van der Waals surface area contributed by atoms with Crippen LogP contribution in [-0.4, -0.2) is 27.2 Å². The third-order valence-electron chi connectivity index (χ3n) is 4.99. The highest BCUT2D eigenvalue weighted by molar-refractivity contribution is 5.92. The Hall–Kier alpha value is -2.47. The van der Waals surface area contributed by atoms with Crippen molar-refractivity contribution in [1.29, 1.82) is 0 Å². The average molecular weight is 354 g/mol. The summed E-state index contributed by atoms with van der Waals surface area (Å²) in [6.07, 6.45) is 6.51. The quantitative estimate of drug-likeness (QED) is 0.731. The molecule has 0 spiro atoms. The summed E-state index contributed by atoms with van der Waals surface area (Å²) in [5.41, 5.74) is 3.19. The number of hydrogen-bond donors (Lipinski definition) is 1. The van der Waals surface area contributed by atoms with E-state index in [9.17, 15) is 4.39 Å². The molecule has 3 aromatic rings. The lowest BCUT2D eigenvalue weighted by Gasteiger charge is -2.27. The molecule has 1 N–H and O–H groups in total. The molecule has 1 unspecified atom stereocenters. The van der Waals surface area contributed by atoms with Crippen LogP contribution in [0.25, 0.3) is 10.9 Å². The Morgan fingerprint density at radius 1 is 1.35 bits per heavy atom. The van der Waals surface area contributed by atoms with Gasteiger partial charge >= 0.3 is 0 Å². The lowest BCUT2D eigenvalue weighted by molar-refractivity contribution is -0.0586. The number of aromatic nitrogens is 3. The summed E-state index contributed by atoms with van der Waals surface area (Å²) < 4.78 is 21.8. The third kappa shape index (κ3) is 2.94. The Labute approximate surface area is 152 Å². The van der Waals surface area contributed by atoms with Gasteiger partial charge in [0.1, 0.15) is 11.6 Å². The third-order valence-corrected chi connectivity index (χ3v) is 4.99. The molecule has 1 atom stereocenters. The minimum Gasteiger partial charge on any atom is -0.376 e. The highest BCUT2D eigenvalue weighted by Crippen LogP contribution is 2.32. The van der Waals surface area contributed by atoms with Crippen LogP contribution in [0, 0.1) is 12.7 Å². The Balaban J connectivity index is 1.73. The number of nitrogens with one attached hydrogen (secondary N) is 1. The number of fused-ring (bicyclic) bond motifs is 1. The first kappa shape index (κ1) is 17.0. The minimum absolute atomic E-state index is 0.177. The van der Waals surface area contributed by atoms with E-state index in [0.717, 1.165) is 36.2 Å². The zero-order chi connectivity index (χ0) is 18.3. The zero-order valence-electron chi connectivity index (χ0n) is 15.3. The van der Waals surface area contributed by atoms with E-state index >= 15 is 0 Å². The van der Waals surface area contributed by atoms with E-state index in [4.69, 9.17) is 4.74 Å². The lowest BCUT2D eigenvalue weighted by atomic mass is 10.0. The van der Waals surface area contributed by atoms with Crippen LogP contribution in [0.1, 0.15) is 37.4 Å². The molecule has 1 aliphatic rings. The predicted octanol–water partition coefficient (Wildman–Crippen LogP) is 4.53. The Bertz CT molecular complexity index is 946. The van der Waals surface area contributed by atoms with Crippen molar-refractivity contribution in [2.75, 3.05) is 11.9 Å². The van der Waals surface area contributed by atoms with Crippen molar-refractivity contribution in [2.45, 2.75) is 45.8 Å². The van der Waals surface area contributed by atoms with Crippen LogP contribution in [0.4, 0.5) is 15.9 Å². The summed E-state index contributed by atoms with van der Waals surface area (Å²) >= 11 is 0. The molecule has 1 saturated heterocycles. The molecule has 4 rings (SSSR count). The molecule has 0 bridgehead atoms. The highest BCUT2D eigenvalue weighted by Gasteiger charge is 2.20. The topological polar surface area (TPSA) is 52.0 Å². The molecule has 6 heteroatoms. The van der Waals surface area contributed by atoms with Crippen LogP contribution in [0.15, 0.2) is 30.7 Å². The van der Waals surface area contributed by atoms with E-state index in [2.05, 4.69) is 26.0 Å². The van der Waals surface area contributed by atoms with E-state index in [1.807, 2.05) is 26.0 Å². The van der Waals surface area contributed by atoms with Crippen molar-refractivity contribution in [3.05, 3.63) is 47.8 Å². The molecule has 0 aliphatic carbocycles. The maximum Gasteiger partial charge on any atom is 0.146 e. The molecular formula is C20H23FN4O. The number of anilines is 2. The van der Waals surface area contributed by atoms with E-state index in [1.54, 1.807) is 13.1 Å². The van der Waals surface area contributed by atoms with Gasteiger partial charge in [-0.2, -0.15) is 0 Å². The van der Waals surface area contributed by atoms with Gasteiger partial charge in [0.25, 0.3) is 0 Å². The fourth-order valence-electron chi connectivity index (χ4n) is 3.34. The number of pyridine rings is 2. The van der Waals surface area contributed by atoms with E-state index in [0.29, 0.717) is 17.1 Å². The van der Waals surface area contributed by atoms with Gasteiger partial charge in [-0.15, -0.1) is 0 Å². The summed E-state index contributed by atoms with van der Waals surface area (Å²) in [6, 6.07) is 4.04. The minimum atomic E-state index is -0.316. The van der Waals surface area contributed by atoms with E-state index < -0.39 is 0 Å². The van der Waals surface area contributed by atoms with Gasteiger partial charge in [-0.05, 0) is 31.4 Å². The first-order chi connectivity index (χ1) is 12.5. The van der Waals surface area contributed by atoms with Crippen molar-refractivity contribution in [1.82, 2.24) is 14.5 Å². The van der Waals surface area contributed by atoms with Gasteiger partial charge in [-0.1, -0.05) is 13.8 Å². The molecule has 26 heavy (non-hydrogen) atoms. The Kier molecular flexibility index (Phi) is 4.36. The molecule has 1 fully saturated rings. The van der Waals surface area contributed by atoms with E-state index in [-0.39, 0.29) is 17.8 Å². The summed E-state index contributed by atoms with van der Waals surface area (Å²) in [5, 5.41) is 4.35. The fourth-order valence-corrected chi connectivity index (χ4v) is 3.34. The first-order valence-corrected chi connectivity index (χ1v) is 9.02. The van der Waals surface area contributed by atoms with Gasteiger partial charge in [0.15, 0.2) is 0 Å². The summed E-state index contributed by atoms with van der Waals surface area (Å²) in [7, 11) is 0. The number of halogens is 1. The molecule has 0 radical (unpaired) electrons. The van der Waals surface area contributed by atoms with Crippen LogP contribution in [0.2, 0.25) is 0 Å². The Morgan fingerprint density at radius 2 is 2.15 bits per heavy atom. The highest BCUT2D eigenvalue weighted by atomic mass is 19.1. The molecule has 0 amide bonds. The lowest BCUT2D eigenvalue weighted by Crippen LogP contribution is -2.30. The molecular weight excluding hydrogens is 331 g/mol. The summed E-state index contributed by atoms with van der Waals surface area (Å²) in [5.74, 6) is 0.577. The van der Waals surface area contributed by atoms with Crippen molar-refractivity contribution in [3.8, 4) is 0 Å². The standard InChI is InChI=1S/C20H23FN4O/c1-12(2)18-19(13(3)16(21)10-23-18)24-20-15-5-8-25(11-14-6-9-26-14)17(15)4-7-22-20/h4-5,7-8,10,12,14H,6,9,11H2,1-3H3,(H,22,24). The molecule has 4 heterocycles. The Morgan fingerprint density at radius 3 is 2.85 bits per heavy atom. The largest absolute Gasteiger partial charge is 0.376 e. The SMILES string of the molecule is Cc1c(F)cnc(C(C)C)c1Nc1nccc2c1ccn2CC1CCO1. The van der Waals surface area contributed by atoms with Crippen LogP contribution >= 0.6 is 0 Å². The van der Waals surface area contributed by atoms with Gasteiger partial charge in [0.2, 0.25) is 0 Å². The van der Waals surface area contributed by atoms with E-state index in [1.165, 1.54) is 6.20 Å². The summed E-state index contributed by atoms with van der Waals surface area (Å²) in [6.45, 7) is 7.55. The molecule has 0 saturated carbocycles. The van der Waals surface area contributed by atoms with Crippen molar-refractivity contribution in [3.63, 3.8) is 0 Å². The van der Waals surface area contributed by atoms with Crippen LogP contribution < -0.4 is 5.32 Å². The molecule has 1 aliphatic heterocycles. The average Bonchev–Trinajstić information content (AvgIpc) is 2.99. The van der Waals surface area contributed by atoms with Crippen LogP contribution in [-0.2, 0) is 11.3 Å². The van der Waals surface area contributed by atoms with Crippen molar-refractivity contribution >= 4 is 22.4 Å². The number of hydrogen-bond acceptors (Lipinski definition) is 4. The summed E-state index contributed by atoms with van der Waals surface area (Å²) in [4.78, 5) is 8.79. The number of nitrogens with zero attached hydrogens (tertiary/aromatic N) is 3. The van der Waals surface area contributed by atoms with Crippen LogP contribution in [0.5, 0.6) is 0 Å². The number of rotatable bonds is 5. The van der Waals surface area contributed by atoms with Gasteiger partial charge in [0, 0.05) is 36.5 Å². The second kappa shape index (κ2) is 6.68. The second-order valence-corrected chi connectivity index (χ2v) is 7.11. The van der Waals surface area contributed by atoms with Crippen molar-refractivity contribution < 1.29 is 9.13 Å². The second-order valence-electron chi connectivity index (χ2n) is 7.11. The predicted molar refractivity (Wildman–Crippen MR) is 100 cm³/mol. The number of ether oxygens (including phenoxy) is 1. The maximum absolute atomic E-state index is 14.1. The zero-order valence-corrected chi connectivity index (χ0v) is 15.3. The molecule has 3 aromatic heterocycles. The molecule has 136 valence electrons. The fraction of sp³-hybridized carbons (Fsp3) is 0.400. The smallest absolute Gasteiger partial charge is 0.146 e. The first-order valence-electron chi connectivity index (χ1n) is 9.02. The van der Waals surface area contributed by atoms with Gasteiger partial charge < -0.3 is 14.6 Å². The molecule has 0 aromatic carbocycles.